The smallest absolute Gasteiger partial charge is 0.175 e. The first-order chi connectivity index (χ1) is 19.0. The molecule has 0 saturated carbocycles. The largest absolute Gasteiger partial charge is 0.486 e. The Morgan fingerprint density at radius 2 is 2.10 bits per heavy atom. The second-order valence-corrected chi connectivity index (χ2v) is 12.2. The fraction of sp³-hybridized carbons (Fsp3) is 0.667. The maximum Gasteiger partial charge on any atom is 0.175 e. The number of ether oxygens (including phenoxy) is 4. The zero-order chi connectivity index (χ0) is 27.0. The number of hydrogen-bond donors (Lipinski definition) is 2. The van der Waals surface area contributed by atoms with E-state index in [-0.39, 0.29) is 24.2 Å². The summed E-state index contributed by atoms with van der Waals surface area (Å²) in [6, 6.07) is 2.30. The number of anilines is 2. The SMILES string of the molecule is COCOC[C@@H]1C[C@H]2COc3c(Sc4cnc(N5CCC6(CC5)CO[C@@H](C)C6N)c(CO)n4)ccnc3N2C1. The lowest BCUT2D eigenvalue weighted by atomic mass is 9.73. The van der Waals surface area contributed by atoms with Gasteiger partial charge >= 0.3 is 0 Å². The van der Waals surface area contributed by atoms with Gasteiger partial charge in [-0.1, -0.05) is 11.8 Å². The number of piperidine rings is 1. The fourth-order valence-corrected chi connectivity index (χ4v) is 7.30. The molecule has 0 aromatic carbocycles. The van der Waals surface area contributed by atoms with Crippen LogP contribution in [0.3, 0.4) is 0 Å². The van der Waals surface area contributed by atoms with Crippen LogP contribution in [0.25, 0.3) is 0 Å². The van der Waals surface area contributed by atoms with Gasteiger partial charge in [-0.05, 0) is 32.3 Å². The van der Waals surface area contributed by atoms with Crippen LogP contribution in [0.4, 0.5) is 11.6 Å². The van der Waals surface area contributed by atoms with E-state index in [0.29, 0.717) is 42.7 Å². The molecule has 2 aromatic rings. The van der Waals surface area contributed by atoms with Crippen molar-refractivity contribution in [3.63, 3.8) is 0 Å². The highest BCUT2D eigenvalue weighted by molar-refractivity contribution is 7.99. The van der Waals surface area contributed by atoms with Gasteiger partial charge in [-0.2, -0.15) is 0 Å². The van der Waals surface area contributed by atoms with Gasteiger partial charge in [0.05, 0.1) is 43.1 Å². The minimum absolute atomic E-state index is 0.0320. The minimum Gasteiger partial charge on any atom is -0.486 e. The predicted molar refractivity (Wildman–Crippen MR) is 146 cm³/mol. The van der Waals surface area contributed by atoms with Crippen LogP contribution in [0.2, 0.25) is 0 Å². The standard InChI is InChI=1S/C27H38N6O5S/c1-17-24(28)27(15-38-17)4-7-32(8-5-27)25-20(12-34)31-22(10-30-25)39-21-3-6-29-26-23(21)37-14-19-9-18(11-33(19)26)13-36-16-35-2/h3,6,10,17-19,24,34H,4-5,7-9,11-16,28H2,1-2H3/t17-,18+,19-,24?/m0/s1. The van der Waals surface area contributed by atoms with Crippen molar-refractivity contribution in [2.24, 2.45) is 17.1 Å². The zero-order valence-electron chi connectivity index (χ0n) is 22.6. The molecule has 6 heterocycles. The van der Waals surface area contributed by atoms with Crippen molar-refractivity contribution in [1.82, 2.24) is 15.0 Å². The second-order valence-electron chi connectivity index (χ2n) is 11.1. The number of rotatable bonds is 8. The Bertz CT molecular complexity index is 1170. The summed E-state index contributed by atoms with van der Waals surface area (Å²) in [6.07, 6.45) is 6.59. The van der Waals surface area contributed by atoms with E-state index in [0.717, 1.165) is 67.8 Å². The highest BCUT2D eigenvalue weighted by Crippen LogP contribution is 2.45. The van der Waals surface area contributed by atoms with E-state index in [1.54, 1.807) is 13.3 Å². The van der Waals surface area contributed by atoms with Crippen LogP contribution >= 0.6 is 11.8 Å². The van der Waals surface area contributed by atoms with Crippen LogP contribution in [0.5, 0.6) is 5.75 Å². The Morgan fingerprint density at radius 1 is 1.26 bits per heavy atom. The van der Waals surface area contributed by atoms with Gasteiger partial charge in [-0.3, -0.25) is 0 Å². The average Bonchev–Trinajstić information content (AvgIpc) is 3.50. The number of pyridine rings is 1. The molecule has 0 radical (unpaired) electrons. The van der Waals surface area contributed by atoms with Crippen LogP contribution in [0.15, 0.2) is 28.4 Å². The van der Waals surface area contributed by atoms with Crippen molar-refractivity contribution in [3.05, 3.63) is 24.2 Å². The minimum atomic E-state index is -0.176. The monoisotopic (exact) mass is 558 g/mol. The van der Waals surface area contributed by atoms with Gasteiger partial charge in [-0.15, -0.1) is 0 Å². The summed E-state index contributed by atoms with van der Waals surface area (Å²) < 4.78 is 22.7. The quantitative estimate of drug-likeness (QED) is 0.363. The van der Waals surface area contributed by atoms with Crippen LogP contribution in [0, 0.1) is 11.3 Å². The van der Waals surface area contributed by atoms with Gasteiger partial charge in [0.15, 0.2) is 17.4 Å². The third-order valence-corrected chi connectivity index (χ3v) is 9.61. The van der Waals surface area contributed by atoms with Gasteiger partial charge in [0.1, 0.15) is 24.1 Å². The van der Waals surface area contributed by atoms with Gasteiger partial charge in [0.25, 0.3) is 0 Å². The first-order valence-electron chi connectivity index (χ1n) is 13.7. The molecule has 2 aromatic heterocycles. The number of nitrogens with two attached hydrogens (primary N) is 1. The molecular formula is C27H38N6O5S. The Kier molecular flexibility index (Phi) is 7.84. The number of aliphatic hydroxyl groups is 1. The summed E-state index contributed by atoms with van der Waals surface area (Å²) in [5.74, 6) is 2.79. The normalized spacial score (nSPS) is 27.5. The molecule has 4 aliphatic rings. The van der Waals surface area contributed by atoms with Crippen molar-refractivity contribution in [2.75, 3.05) is 63.2 Å². The van der Waals surface area contributed by atoms with Gasteiger partial charge in [0.2, 0.25) is 0 Å². The lowest BCUT2D eigenvalue weighted by Gasteiger charge is -2.41. The summed E-state index contributed by atoms with van der Waals surface area (Å²) >= 11 is 1.49. The molecule has 1 unspecified atom stereocenters. The van der Waals surface area contributed by atoms with Crippen molar-refractivity contribution in [2.45, 2.75) is 60.9 Å². The third kappa shape index (κ3) is 5.18. The number of nitrogens with zero attached hydrogens (tertiary/aromatic N) is 5. The number of aromatic nitrogens is 3. The molecular weight excluding hydrogens is 520 g/mol. The molecule has 0 amide bonds. The highest BCUT2D eigenvalue weighted by atomic mass is 32.2. The van der Waals surface area contributed by atoms with Crippen molar-refractivity contribution < 1.29 is 24.1 Å². The molecule has 4 atom stereocenters. The van der Waals surface area contributed by atoms with Crippen molar-refractivity contribution >= 4 is 23.4 Å². The molecule has 3 fully saturated rings. The van der Waals surface area contributed by atoms with Crippen molar-refractivity contribution in [3.8, 4) is 5.75 Å². The highest BCUT2D eigenvalue weighted by Gasteiger charge is 2.48. The molecule has 6 rings (SSSR count). The zero-order valence-corrected chi connectivity index (χ0v) is 23.4. The molecule has 0 bridgehead atoms. The lowest BCUT2D eigenvalue weighted by Crippen LogP contribution is -2.51. The Balaban J connectivity index is 1.15. The lowest BCUT2D eigenvalue weighted by molar-refractivity contribution is -0.0414. The summed E-state index contributed by atoms with van der Waals surface area (Å²) in [5.41, 5.74) is 7.10. The Morgan fingerprint density at radius 3 is 2.85 bits per heavy atom. The number of fused-ring (bicyclic) bond motifs is 3. The third-order valence-electron chi connectivity index (χ3n) is 8.67. The predicted octanol–water partition coefficient (Wildman–Crippen LogP) is 2.06. The van der Waals surface area contributed by atoms with E-state index in [1.807, 2.05) is 12.3 Å². The first-order valence-corrected chi connectivity index (χ1v) is 14.5. The van der Waals surface area contributed by atoms with Gasteiger partial charge < -0.3 is 39.6 Å². The van der Waals surface area contributed by atoms with Crippen LogP contribution < -0.4 is 20.3 Å². The molecule has 11 nitrogen and oxygen atoms in total. The van der Waals surface area contributed by atoms with Gasteiger partial charge in [-0.25, -0.2) is 15.0 Å². The van der Waals surface area contributed by atoms with Gasteiger partial charge in [0, 0.05) is 50.3 Å². The summed E-state index contributed by atoms with van der Waals surface area (Å²) in [6.45, 7) is 6.70. The maximum absolute atomic E-state index is 10.2. The first kappa shape index (κ1) is 27.0. The molecule has 39 heavy (non-hydrogen) atoms. The number of hydrogen-bond acceptors (Lipinski definition) is 12. The average molecular weight is 559 g/mol. The van der Waals surface area contributed by atoms with Crippen LogP contribution in [0.1, 0.15) is 31.9 Å². The Labute approximate surface area is 233 Å². The molecule has 12 heteroatoms. The van der Waals surface area contributed by atoms with Crippen LogP contribution in [-0.4, -0.2) is 91.6 Å². The molecule has 3 saturated heterocycles. The topological polar surface area (TPSA) is 128 Å². The van der Waals surface area contributed by atoms with E-state index in [1.165, 1.54) is 11.8 Å². The molecule has 0 aliphatic carbocycles. The number of methoxy groups -OCH3 is 1. The molecule has 212 valence electrons. The van der Waals surface area contributed by atoms with Crippen LogP contribution in [-0.2, 0) is 20.8 Å². The van der Waals surface area contributed by atoms with E-state index in [9.17, 15) is 5.11 Å². The van der Waals surface area contributed by atoms with E-state index in [2.05, 4.69) is 21.7 Å². The van der Waals surface area contributed by atoms with E-state index >= 15 is 0 Å². The number of aliphatic hydroxyl groups excluding tert-OH is 1. The maximum atomic E-state index is 10.2. The Hall–Kier alpha value is -2.22. The van der Waals surface area contributed by atoms with Crippen molar-refractivity contribution in [1.29, 1.82) is 0 Å². The molecule has 4 aliphatic heterocycles. The fourth-order valence-electron chi connectivity index (χ4n) is 6.44. The van der Waals surface area contributed by atoms with E-state index < -0.39 is 0 Å². The molecule has 3 N–H and O–H groups in total. The summed E-state index contributed by atoms with van der Waals surface area (Å²) in [7, 11) is 1.64. The summed E-state index contributed by atoms with van der Waals surface area (Å²) in [4.78, 5) is 19.7. The second kappa shape index (κ2) is 11.3. The van der Waals surface area contributed by atoms with E-state index in [4.69, 9.17) is 34.6 Å². The molecule has 1 spiro atoms. The summed E-state index contributed by atoms with van der Waals surface area (Å²) in [5, 5.41) is 10.9.